The molecule has 37 heavy (non-hydrogen) atoms. The minimum Gasteiger partial charge on any atom is -0.370 e. The van der Waals surface area contributed by atoms with Gasteiger partial charge in [0, 0.05) is 37.7 Å². The van der Waals surface area contributed by atoms with Crippen LogP contribution in [0.2, 0.25) is 0 Å². The molecule has 0 spiro atoms. The van der Waals surface area contributed by atoms with E-state index in [2.05, 4.69) is 22.5 Å². The number of nitrogens with zero attached hydrogens (tertiary/aromatic N) is 2. The van der Waals surface area contributed by atoms with Gasteiger partial charge in [-0.25, -0.2) is 13.4 Å². The van der Waals surface area contributed by atoms with Crippen molar-refractivity contribution in [3.63, 3.8) is 0 Å². The first-order valence-corrected chi connectivity index (χ1v) is 13.9. The molecule has 8 nitrogen and oxygen atoms in total. The van der Waals surface area contributed by atoms with Gasteiger partial charge in [-0.05, 0) is 48.8 Å². The van der Waals surface area contributed by atoms with Gasteiger partial charge in [-0.1, -0.05) is 37.3 Å². The quantitative estimate of drug-likeness (QED) is 0.378. The molecule has 1 aliphatic rings. The summed E-state index contributed by atoms with van der Waals surface area (Å²) in [4.78, 5) is 17.7. The Morgan fingerprint density at radius 3 is 2.46 bits per heavy atom. The zero-order chi connectivity index (χ0) is 27.4. The molecule has 0 saturated heterocycles. The van der Waals surface area contributed by atoms with Crippen LogP contribution >= 0.6 is 0 Å². The van der Waals surface area contributed by atoms with Gasteiger partial charge in [-0.15, -0.1) is 0 Å². The fourth-order valence-corrected chi connectivity index (χ4v) is 4.38. The summed E-state index contributed by atoms with van der Waals surface area (Å²) in [6.45, 7) is 2.75. The Bertz CT molecular complexity index is 1180. The summed E-state index contributed by atoms with van der Waals surface area (Å²) in [6, 6.07) is 10.1. The lowest BCUT2D eigenvalue weighted by molar-refractivity contribution is -0.136. The standard InChI is InChI=1S/C25H34F3N5O3S/c1-16-11-19(16)15-30-22-13-18(14-23(32-22)33(2)37(3,35)36)24(34)31-21(12-17-7-5-4-6-8-17)20(29)9-10-25(26,27)28/h4-8,13-14,16,19-21H,9-12,15,29H2,1-3H3,(H,30,32)(H,31,34)/t16?,19?,20-,21-/m0/s1. The molecule has 1 aromatic heterocycles. The summed E-state index contributed by atoms with van der Waals surface area (Å²) >= 11 is 0. The average molecular weight is 542 g/mol. The zero-order valence-corrected chi connectivity index (χ0v) is 21.9. The van der Waals surface area contributed by atoms with Crippen LogP contribution in [0.1, 0.15) is 42.1 Å². The second-order valence-electron chi connectivity index (χ2n) is 9.77. The lowest BCUT2D eigenvalue weighted by Gasteiger charge is -2.26. The Morgan fingerprint density at radius 1 is 1.24 bits per heavy atom. The van der Waals surface area contributed by atoms with Crippen molar-refractivity contribution >= 4 is 27.6 Å². The number of aromatic nitrogens is 1. The number of hydrogen-bond donors (Lipinski definition) is 3. The number of amides is 1. The highest BCUT2D eigenvalue weighted by molar-refractivity contribution is 7.92. The molecule has 1 aliphatic carbocycles. The monoisotopic (exact) mass is 541 g/mol. The van der Waals surface area contributed by atoms with Crippen LogP contribution in [0.15, 0.2) is 42.5 Å². The number of rotatable bonds is 12. The van der Waals surface area contributed by atoms with Gasteiger partial charge in [0.1, 0.15) is 11.6 Å². The third kappa shape index (κ3) is 8.89. The number of benzene rings is 1. The number of carbonyl (C=O) groups is 1. The van der Waals surface area contributed by atoms with Crippen LogP contribution in [-0.2, 0) is 16.4 Å². The number of carbonyl (C=O) groups excluding carboxylic acids is 1. The minimum absolute atomic E-state index is 0.0440. The molecule has 4 atom stereocenters. The first-order valence-electron chi connectivity index (χ1n) is 12.1. The van der Waals surface area contributed by atoms with Crippen molar-refractivity contribution < 1.29 is 26.4 Å². The van der Waals surface area contributed by atoms with Crippen LogP contribution < -0.4 is 20.7 Å². The lowest BCUT2D eigenvalue weighted by atomic mass is 9.96. The van der Waals surface area contributed by atoms with Gasteiger partial charge >= 0.3 is 6.18 Å². The maximum Gasteiger partial charge on any atom is 0.389 e. The maximum atomic E-state index is 13.3. The summed E-state index contributed by atoms with van der Waals surface area (Å²) in [5.41, 5.74) is 7.07. The molecular formula is C25H34F3N5O3S. The van der Waals surface area contributed by atoms with Crippen molar-refractivity contribution in [2.45, 2.75) is 50.9 Å². The molecule has 1 fully saturated rings. The van der Waals surface area contributed by atoms with E-state index >= 15 is 0 Å². The second kappa shape index (κ2) is 11.7. The third-order valence-electron chi connectivity index (χ3n) is 6.61. The number of hydrogen-bond acceptors (Lipinski definition) is 6. The molecule has 1 saturated carbocycles. The smallest absolute Gasteiger partial charge is 0.370 e. The van der Waals surface area contributed by atoms with E-state index in [0.717, 1.165) is 22.5 Å². The van der Waals surface area contributed by atoms with Gasteiger partial charge in [0.15, 0.2) is 0 Å². The van der Waals surface area contributed by atoms with Crippen LogP contribution in [-0.4, -0.2) is 57.4 Å². The molecule has 0 radical (unpaired) electrons. The average Bonchev–Trinajstić information content (AvgIpc) is 3.54. The van der Waals surface area contributed by atoms with Gasteiger partial charge in [-0.2, -0.15) is 13.2 Å². The molecular weight excluding hydrogens is 507 g/mol. The van der Waals surface area contributed by atoms with Crippen molar-refractivity contribution in [1.82, 2.24) is 10.3 Å². The number of alkyl halides is 3. The molecule has 12 heteroatoms. The Kier molecular flexibility index (Phi) is 9.06. The first-order chi connectivity index (χ1) is 17.2. The van der Waals surface area contributed by atoms with Crippen LogP contribution in [0.3, 0.4) is 0 Å². The molecule has 0 aliphatic heterocycles. The number of nitrogens with two attached hydrogens (primary N) is 1. The van der Waals surface area contributed by atoms with E-state index in [0.29, 0.717) is 24.2 Å². The number of nitrogens with one attached hydrogen (secondary N) is 2. The third-order valence-corrected chi connectivity index (χ3v) is 7.79. The van der Waals surface area contributed by atoms with Gasteiger partial charge in [0.25, 0.3) is 5.91 Å². The number of pyridine rings is 1. The van der Waals surface area contributed by atoms with E-state index in [4.69, 9.17) is 5.73 Å². The number of halogens is 3. The predicted molar refractivity (Wildman–Crippen MR) is 138 cm³/mol. The van der Waals surface area contributed by atoms with E-state index in [1.807, 2.05) is 18.2 Å². The van der Waals surface area contributed by atoms with Crippen LogP contribution in [0, 0.1) is 11.8 Å². The summed E-state index contributed by atoms with van der Waals surface area (Å²) in [5, 5.41) is 5.95. The molecule has 4 N–H and O–H groups in total. The van der Waals surface area contributed by atoms with E-state index in [9.17, 15) is 26.4 Å². The summed E-state index contributed by atoms with van der Waals surface area (Å²) < 4.78 is 63.7. The van der Waals surface area contributed by atoms with Gasteiger partial charge < -0.3 is 16.4 Å². The van der Waals surface area contributed by atoms with E-state index < -0.39 is 40.6 Å². The predicted octanol–water partition coefficient (Wildman–Crippen LogP) is 3.56. The van der Waals surface area contributed by atoms with Crippen molar-refractivity contribution in [1.29, 1.82) is 0 Å². The van der Waals surface area contributed by atoms with Crippen LogP contribution in [0.5, 0.6) is 0 Å². The first kappa shape index (κ1) is 28.7. The summed E-state index contributed by atoms with van der Waals surface area (Å²) in [6.07, 6.45) is -3.46. The Hall–Kier alpha value is -2.86. The molecule has 0 bridgehead atoms. The summed E-state index contributed by atoms with van der Waals surface area (Å²) in [7, 11) is -2.33. The zero-order valence-electron chi connectivity index (χ0n) is 21.1. The SMILES string of the molecule is CC1CC1CNc1cc(C(=O)N[C@@H](Cc2ccccc2)[C@@H](N)CCC(F)(F)F)cc(N(C)S(C)(=O)=O)n1. The second-order valence-corrected chi connectivity index (χ2v) is 11.8. The number of sulfonamides is 1. The molecule has 2 aromatic rings. The van der Waals surface area contributed by atoms with E-state index in [1.165, 1.54) is 19.2 Å². The largest absolute Gasteiger partial charge is 0.389 e. The molecule has 2 unspecified atom stereocenters. The van der Waals surface area contributed by atoms with Gasteiger partial charge in [-0.3, -0.25) is 9.10 Å². The lowest BCUT2D eigenvalue weighted by Crippen LogP contribution is -2.49. The minimum atomic E-state index is -4.37. The van der Waals surface area contributed by atoms with Gasteiger partial charge in [0.05, 0.1) is 6.26 Å². The highest BCUT2D eigenvalue weighted by Gasteiger charge is 2.33. The Morgan fingerprint density at radius 2 is 1.89 bits per heavy atom. The molecule has 204 valence electrons. The molecule has 1 aromatic carbocycles. The van der Waals surface area contributed by atoms with Crippen molar-refractivity contribution in [3.8, 4) is 0 Å². The number of anilines is 2. The Labute approximate surface area is 215 Å². The fraction of sp³-hybridized carbons (Fsp3) is 0.520. The Balaban J connectivity index is 1.85. The maximum absolute atomic E-state index is 13.3. The van der Waals surface area contributed by atoms with Gasteiger partial charge in [0.2, 0.25) is 10.0 Å². The van der Waals surface area contributed by atoms with Crippen molar-refractivity contribution in [2.75, 3.05) is 29.5 Å². The normalized spacial score (nSPS) is 19.1. The highest BCUT2D eigenvalue weighted by atomic mass is 32.2. The van der Waals surface area contributed by atoms with E-state index in [1.54, 1.807) is 12.1 Å². The topological polar surface area (TPSA) is 117 Å². The fourth-order valence-electron chi connectivity index (χ4n) is 3.95. The van der Waals surface area contributed by atoms with Crippen LogP contribution in [0.4, 0.5) is 24.8 Å². The molecule has 1 amide bonds. The molecule has 3 rings (SSSR count). The van der Waals surface area contributed by atoms with E-state index in [-0.39, 0.29) is 24.2 Å². The van der Waals surface area contributed by atoms with Crippen molar-refractivity contribution in [3.05, 3.63) is 53.6 Å². The van der Waals surface area contributed by atoms with Crippen LogP contribution in [0.25, 0.3) is 0 Å². The summed E-state index contributed by atoms with van der Waals surface area (Å²) in [5.74, 6) is 0.837. The van der Waals surface area contributed by atoms with Crippen molar-refractivity contribution in [2.24, 2.45) is 17.6 Å². The molecule has 1 heterocycles. The highest BCUT2D eigenvalue weighted by Crippen LogP contribution is 2.37.